The molecule has 1 aromatic carbocycles. The summed E-state index contributed by atoms with van der Waals surface area (Å²) in [5, 5.41) is 5.93. The number of urea groups is 1. The summed E-state index contributed by atoms with van der Waals surface area (Å²) in [5.41, 5.74) is 0.667. The number of carbonyl (C=O) groups excluding carboxylic acids is 1. The number of carbonyl (C=O) groups is 1. The molecule has 0 aliphatic carbocycles. The molecule has 4 nitrogen and oxygen atoms in total. The van der Waals surface area contributed by atoms with Crippen molar-refractivity contribution in [2.24, 2.45) is 0 Å². The number of hydrogen-bond acceptors (Lipinski definition) is 3. The molecule has 2 rings (SSSR count). The van der Waals surface area contributed by atoms with Crippen molar-refractivity contribution in [2.75, 3.05) is 19.7 Å². The smallest absolute Gasteiger partial charge is 0.406 e. The molecule has 0 fully saturated rings. The zero-order valence-corrected chi connectivity index (χ0v) is 13.6. The normalized spacial score (nSPS) is 11.1. The highest BCUT2D eigenvalue weighted by Crippen LogP contribution is 2.19. The van der Waals surface area contributed by atoms with Crippen LogP contribution >= 0.6 is 11.3 Å². The number of benzene rings is 1. The van der Waals surface area contributed by atoms with E-state index in [4.69, 9.17) is 4.74 Å². The van der Waals surface area contributed by atoms with Crippen LogP contribution in [0, 0.1) is 0 Å². The van der Waals surface area contributed by atoms with Gasteiger partial charge in [0.2, 0.25) is 0 Å². The van der Waals surface area contributed by atoms with Crippen molar-refractivity contribution >= 4 is 17.4 Å². The number of nitrogens with zero attached hydrogens (tertiary/aromatic N) is 1. The summed E-state index contributed by atoms with van der Waals surface area (Å²) in [6, 6.07) is 9.89. The Morgan fingerprint density at radius 3 is 2.58 bits per heavy atom. The van der Waals surface area contributed by atoms with E-state index in [-0.39, 0.29) is 19.7 Å². The SMILES string of the molecule is O=C(NCCOc1ccccc1)N(Cc1ccsc1)CC(F)(F)F. The summed E-state index contributed by atoms with van der Waals surface area (Å²) in [4.78, 5) is 12.8. The maximum absolute atomic E-state index is 12.7. The van der Waals surface area contributed by atoms with Gasteiger partial charge < -0.3 is 15.0 Å². The van der Waals surface area contributed by atoms with Crippen molar-refractivity contribution in [1.82, 2.24) is 10.2 Å². The largest absolute Gasteiger partial charge is 0.492 e. The van der Waals surface area contributed by atoms with Crippen molar-refractivity contribution in [2.45, 2.75) is 12.7 Å². The summed E-state index contributed by atoms with van der Waals surface area (Å²) < 4.78 is 43.4. The highest BCUT2D eigenvalue weighted by molar-refractivity contribution is 7.07. The van der Waals surface area contributed by atoms with E-state index in [0.717, 1.165) is 4.90 Å². The molecule has 0 spiro atoms. The lowest BCUT2D eigenvalue weighted by Crippen LogP contribution is -2.45. The molecule has 8 heteroatoms. The number of rotatable bonds is 7. The Kier molecular flexibility index (Phi) is 6.48. The summed E-state index contributed by atoms with van der Waals surface area (Å²) in [6.45, 7) is -1.09. The lowest BCUT2D eigenvalue weighted by atomic mass is 10.3. The molecule has 0 aliphatic rings. The number of halogens is 3. The Labute approximate surface area is 141 Å². The number of thiophene rings is 1. The number of ether oxygens (including phenoxy) is 1. The molecule has 130 valence electrons. The predicted molar refractivity (Wildman–Crippen MR) is 86.1 cm³/mol. The number of hydrogen-bond donors (Lipinski definition) is 1. The van der Waals surface area contributed by atoms with Crippen LogP contribution in [0.2, 0.25) is 0 Å². The molecular weight excluding hydrogens is 341 g/mol. The summed E-state index contributed by atoms with van der Waals surface area (Å²) in [5.74, 6) is 0.636. The van der Waals surface area contributed by atoms with Crippen LogP contribution < -0.4 is 10.1 Å². The fraction of sp³-hybridized carbons (Fsp3) is 0.312. The van der Waals surface area contributed by atoms with Gasteiger partial charge in [0.1, 0.15) is 18.9 Å². The second-order valence-corrected chi connectivity index (χ2v) is 5.78. The van der Waals surface area contributed by atoms with E-state index < -0.39 is 18.8 Å². The summed E-state index contributed by atoms with van der Waals surface area (Å²) in [6.07, 6.45) is -4.45. The van der Waals surface area contributed by atoms with Gasteiger partial charge >= 0.3 is 12.2 Å². The fourth-order valence-corrected chi connectivity index (χ4v) is 2.63. The first-order valence-electron chi connectivity index (χ1n) is 7.22. The van der Waals surface area contributed by atoms with Crippen LogP contribution in [0.5, 0.6) is 5.75 Å². The van der Waals surface area contributed by atoms with E-state index in [2.05, 4.69) is 5.32 Å². The summed E-state index contributed by atoms with van der Waals surface area (Å²) in [7, 11) is 0. The van der Waals surface area contributed by atoms with Gasteiger partial charge in [0.25, 0.3) is 0 Å². The Bertz CT molecular complexity index is 618. The van der Waals surface area contributed by atoms with Gasteiger partial charge in [-0.1, -0.05) is 18.2 Å². The quantitative estimate of drug-likeness (QED) is 0.763. The van der Waals surface area contributed by atoms with Crippen LogP contribution in [0.25, 0.3) is 0 Å². The van der Waals surface area contributed by atoms with E-state index in [1.807, 2.05) is 6.07 Å². The van der Waals surface area contributed by atoms with Crippen molar-refractivity contribution < 1.29 is 22.7 Å². The van der Waals surface area contributed by atoms with E-state index in [1.165, 1.54) is 11.3 Å². The molecule has 0 saturated heterocycles. The number of para-hydroxylation sites is 1. The van der Waals surface area contributed by atoms with Crippen molar-refractivity contribution in [3.05, 3.63) is 52.7 Å². The maximum atomic E-state index is 12.7. The molecule has 2 aromatic rings. The van der Waals surface area contributed by atoms with Gasteiger partial charge in [0, 0.05) is 6.54 Å². The van der Waals surface area contributed by atoms with Gasteiger partial charge in [-0.25, -0.2) is 4.79 Å². The van der Waals surface area contributed by atoms with Gasteiger partial charge in [-0.15, -0.1) is 0 Å². The van der Waals surface area contributed by atoms with Crippen LogP contribution in [0.3, 0.4) is 0 Å². The molecule has 1 aromatic heterocycles. The molecule has 1 heterocycles. The highest BCUT2D eigenvalue weighted by Gasteiger charge is 2.33. The Balaban J connectivity index is 1.82. The van der Waals surface area contributed by atoms with Gasteiger partial charge in [-0.2, -0.15) is 24.5 Å². The Morgan fingerprint density at radius 2 is 1.96 bits per heavy atom. The number of amides is 2. The first-order chi connectivity index (χ1) is 11.4. The van der Waals surface area contributed by atoms with Gasteiger partial charge in [-0.3, -0.25) is 0 Å². The second kappa shape index (κ2) is 8.58. The lowest BCUT2D eigenvalue weighted by molar-refractivity contribution is -0.140. The van der Waals surface area contributed by atoms with Gasteiger partial charge in [-0.05, 0) is 34.5 Å². The van der Waals surface area contributed by atoms with Crippen LogP contribution in [0.15, 0.2) is 47.2 Å². The van der Waals surface area contributed by atoms with E-state index in [9.17, 15) is 18.0 Å². The predicted octanol–water partition coefficient (Wildman–Crippen LogP) is 3.90. The minimum absolute atomic E-state index is 0.0889. The van der Waals surface area contributed by atoms with E-state index in [0.29, 0.717) is 11.3 Å². The summed E-state index contributed by atoms with van der Waals surface area (Å²) >= 11 is 1.37. The Hall–Kier alpha value is -2.22. The maximum Gasteiger partial charge on any atom is 0.406 e. The third-order valence-electron chi connectivity index (χ3n) is 3.00. The average Bonchev–Trinajstić information content (AvgIpc) is 3.03. The Morgan fingerprint density at radius 1 is 1.21 bits per heavy atom. The lowest BCUT2D eigenvalue weighted by Gasteiger charge is -2.24. The van der Waals surface area contributed by atoms with Crippen LogP contribution in [0.1, 0.15) is 5.56 Å². The van der Waals surface area contributed by atoms with Crippen LogP contribution in [0.4, 0.5) is 18.0 Å². The minimum Gasteiger partial charge on any atom is -0.492 e. The molecule has 0 radical (unpaired) electrons. The van der Waals surface area contributed by atoms with Gasteiger partial charge in [0.15, 0.2) is 0 Å². The molecule has 0 atom stereocenters. The zero-order valence-electron chi connectivity index (χ0n) is 12.8. The molecule has 0 aliphatic heterocycles. The zero-order chi connectivity index (χ0) is 17.4. The molecule has 2 amide bonds. The minimum atomic E-state index is -4.45. The van der Waals surface area contributed by atoms with Crippen molar-refractivity contribution in [3.63, 3.8) is 0 Å². The van der Waals surface area contributed by atoms with E-state index in [1.54, 1.807) is 41.1 Å². The van der Waals surface area contributed by atoms with Crippen molar-refractivity contribution in [1.29, 1.82) is 0 Å². The molecule has 0 unspecified atom stereocenters. The molecular formula is C16H17F3N2O2S. The van der Waals surface area contributed by atoms with E-state index >= 15 is 0 Å². The fourth-order valence-electron chi connectivity index (χ4n) is 1.97. The van der Waals surface area contributed by atoms with Crippen LogP contribution in [-0.2, 0) is 6.54 Å². The van der Waals surface area contributed by atoms with Gasteiger partial charge in [0.05, 0.1) is 6.54 Å². The molecule has 0 bridgehead atoms. The first kappa shape index (κ1) is 18.1. The number of alkyl halides is 3. The standard InChI is InChI=1S/C16H17F3N2O2S/c17-16(18,19)12-21(10-13-6-9-24-11-13)15(22)20-7-8-23-14-4-2-1-3-5-14/h1-6,9,11H,7-8,10,12H2,(H,20,22). The molecule has 24 heavy (non-hydrogen) atoms. The highest BCUT2D eigenvalue weighted by atomic mass is 32.1. The number of nitrogens with one attached hydrogen (secondary N) is 1. The third kappa shape index (κ3) is 6.49. The molecule has 0 saturated carbocycles. The first-order valence-corrected chi connectivity index (χ1v) is 8.17. The monoisotopic (exact) mass is 358 g/mol. The second-order valence-electron chi connectivity index (χ2n) is 5.00. The topological polar surface area (TPSA) is 41.6 Å². The van der Waals surface area contributed by atoms with Crippen LogP contribution in [-0.4, -0.2) is 36.8 Å². The van der Waals surface area contributed by atoms with Crippen molar-refractivity contribution in [3.8, 4) is 5.75 Å². The molecule has 1 N–H and O–H groups in total. The third-order valence-corrected chi connectivity index (χ3v) is 3.73. The average molecular weight is 358 g/mol.